The second-order valence-electron chi connectivity index (χ2n) is 6.86. The van der Waals surface area contributed by atoms with Gasteiger partial charge in [0.1, 0.15) is 0 Å². The Balaban J connectivity index is 1.64. The van der Waals surface area contributed by atoms with Crippen molar-refractivity contribution in [1.82, 2.24) is 4.90 Å². The molecular weight excluding hydrogens is 268 g/mol. The second-order valence-corrected chi connectivity index (χ2v) is 7.86. The minimum Gasteiger partial charge on any atom is -0.378 e. The maximum absolute atomic E-state index is 6.71. The molecule has 2 atom stereocenters. The molecule has 0 spiro atoms. The Labute approximate surface area is 126 Å². The van der Waals surface area contributed by atoms with Gasteiger partial charge in [-0.15, -0.1) is 11.3 Å². The van der Waals surface area contributed by atoms with Gasteiger partial charge in [-0.05, 0) is 36.8 Å². The zero-order valence-corrected chi connectivity index (χ0v) is 13.6. The molecule has 112 valence electrons. The van der Waals surface area contributed by atoms with Crippen molar-refractivity contribution < 1.29 is 4.74 Å². The van der Waals surface area contributed by atoms with Crippen LogP contribution < -0.4 is 5.73 Å². The normalized spacial score (nSPS) is 32.7. The Bertz CT molecular complexity index is 485. The van der Waals surface area contributed by atoms with Gasteiger partial charge in [0.15, 0.2) is 0 Å². The van der Waals surface area contributed by atoms with E-state index in [9.17, 15) is 0 Å². The summed E-state index contributed by atoms with van der Waals surface area (Å²) in [5.41, 5.74) is 8.17. The van der Waals surface area contributed by atoms with E-state index in [2.05, 4.69) is 37.1 Å². The Morgan fingerprint density at radius 1 is 1.50 bits per heavy atom. The van der Waals surface area contributed by atoms with Crippen molar-refractivity contribution in [1.29, 1.82) is 0 Å². The van der Waals surface area contributed by atoms with E-state index >= 15 is 0 Å². The van der Waals surface area contributed by atoms with E-state index in [1.54, 1.807) is 4.88 Å². The first kappa shape index (κ1) is 14.5. The summed E-state index contributed by atoms with van der Waals surface area (Å²) in [7, 11) is 0. The van der Waals surface area contributed by atoms with Crippen LogP contribution in [0.1, 0.15) is 37.6 Å². The Morgan fingerprint density at radius 3 is 3.00 bits per heavy atom. The van der Waals surface area contributed by atoms with Gasteiger partial charge in [-0.2, -0.15) is 0 Å². The van der Waals surface area contributed by atoms with E-state index in [0.717, 1.165) is 32.7 Å². The summed E-state index contributed by atoms with van der Waals surface area (Å²) in [5, 5.41) is 2.21. The number of fused-ring (bicyclic) bond motifs is 1. The molecule has 20 heavy (non-hydrogen) atoms. The molecule has 0 saturated heterocycles. The molecule has 1 saturated carbocycles. The van der Waals surface area contributed by atoms with Crippen LogP contribution in [0.15, 0.2) is 11.4 Å². The molecule has 0 bridgehead atoms. The summed E-state index contributed by atoms with van der Waals surface area (Å²) in [5.74, 6) is 0. The molecule has 0 radical (unpaired) electrons. The molecule has 3 nitrogen and oxygen atoms in total. The number of ether oxygens (including phenoxy) is 1. The Hall–Kier alpha value is -0.420. The van der Waals surface area contributed by atoms with Crippen LogP contribution in [0.5, 0.6) is 0 Å². The highest BCUT2D eigenvalue weighted by Gasteiger charge is 2.58. The maximum atomic E-state index is 6.71. The lowest BCUT2D eigenvalue weighted by atomic mass is 9.54. The molecular formula is C16H26N2OS. The number of nitrogens with zero attached hydrogens (tertiary/aromatic N) is 1. The summed E-state index contributed by atoms with van der Waals surface area (Å²) >= 11 is 1.89. The lowest BCUT2D eigenvalue weighted by Gasteiger charge is -2.60. The van der Waals surface area contributed by atoms with Crippen LogP contribution in [0.2, 0.25) is 0 Å². The standard InChI is InChI=1S/C16H26N2OS/c1-4-19-14-9-16(17,15(14,2)3)11-18-7-5-13-12(10-18)6-8-20-13/h6,8,14H,4-5,7,9-11,17H2,1-3H3. The maximum Gasteiger partial charge on any atom is 0.0662 e. The highest BCUT2D eigenvalue weighted by Crippen LogP contribution is 2.50. The first-order chi connectivity index (χ1) is 9.46. The van der Waals surface area contributed by atoms with Gasteiger partial charge in [0.25, 0.3) is 0 Å². The van der Waals surface area contributed by atoms with Crippen LogP contribution in [0.3, 0.4) is 0 Å². The fourth-order valence-electron chi connectivity index (χ4n) is 3.62. The molecule has 1 aliphatic carbocycles. The third-order valence-electron chi connectivity index (χ3n) is 5.40. The van der Waals surface area contributed by atoms with E-state index in [-0.39, 0.29) is 11.0 Å². The van der Waals surface area contributed by atoms with Gasteiger partial charge in [0.05, 0.1) is 6.10 Å². The zero-order chi connectivity index (χ0) is 14.4. The summed E-state index contributed by atoms with van der Waals surface area (Å²) in [6, 6.07) is 2.27. The average molecular weight is 294 g/mol. The number of rotatable bonds is 4. The summed E-state index contributed by atoms with van der Waals surface area (Å²) in [6.07, 6.45) is 2.48. The fraction of sp³-hybridized carbons (Fsp3) is 0.750. The van der Waals surface area contributed by atoms with Crippen molar-refractivity contribution in [2.75, 3.05) is 19.7 Å². The number of nitrogens with two attached hydrogens (primary N) is 1. The van der Waals surface area contributed by atoms with Crippen molar-refractivity contribution >= 4 is 11.3 Å². The van der Waals surface area contributed by atoms with E-state index < -0.39 is 0 Å². The zero-order valence-electron chi connectivity index (χ0n) is 12.8. The molecule has 2 heterocycles. The molecule has 1 aromatic heterocycles. The predicted octanol–water partition coefficient (Wildman–Crippen LogP) is 2.64. The monoisotopic (exact) mass is 294 g/mol. The van der Waals surface area contributed by atoms with Crippen LogP contribution in [0, 0.1) is 5.41 Å². The minimum atomic E-state index is -0.111. The predicted molar refractivity (Wildman–Crippen MR) is 84.0 cm³/mol. The smallest absolute Gasteiger partial charge is 0.0662 e. The Morgan fingerprint density at radius 2 is 2.30 bits per heavy atom. The number of hydrogen-bond donors (Lipinski definition) is 1. The van der Waals surface area contributed by atoms with Gasteiger partial charge in [0.2, 0.25) is 0 Å². The molecule has 0 amide bonds. The largest absolute Gasteiger partial charge is 0.378 e. The molecule has 1 fully saturated rings. The van der Waals surface area contributed by atoms with Crippen LogP contribution >= 0.6 is 11.3 Å². The van der Waals surface area contributed by atoms with Crippen molar-refractivity contribution in [3.8, 4) is 0 Å². The molecule has 2 N–H and O–H groups in total. The molecule has 2 unspecified atom stereocenters. The average Bonchev–Trinajstić information content (AvgIpc) is 2.86. The molecule has 1 aromatic rings. The summed E-state index contributed by atoms with van der Waals surface area (Å²) in [4.78, 5) is 4.09. The van der Waals surface area contributed by atoms with E-state index in [1.165, 1.54) is 12.0 Å². The van der Waals surface area contributed by atoms with Crippen molar-refractivity contribution in [2.45, 2.75) is 51.8 Å². The van der Waals surface area contributed by atoms with Gasteiger partial charge >= 0.3 is 0 Å². The topological polar surface area (TPSA) is 38.5 Å². The van der Waals surface area contributed by atoms with Gasteiger partial charge < -0.3 is 10.5 Å². The highest BCUT2D eigenvalue weighted by atomic mass is 32.1. The van der Waals surface area contributed by atoms with Crippen molar-refractivity contribution in [3.05, 3.63) is 21.9 Å². The number of hydrogen-bond acceptors (Lipinski definition) is 4. The van der Waals surface area contributed by atoms with E-state index in [1.807, 2.05) is 11.3 Å². The lowest BCUT2D eigenvalue weighted by molar-refractivity contribution is -0.157. The van der Waals surface area contributed by atoms with Gasteiger partial charge in [-0.3, -0.25) is 4.90 Å². The van der Waals surface area contributed by atoms with E-state index in [4.69, 9.17) is 10.5 Å². The minimum absolute atomic E-state index is 0.0674. The molecule has 4 heteroatoms. The van der Waals surface area contributed by atoms with Crippen LogP contribution in [-0.2, 0) is 17.7 Å². The van der Waals surface area contributed by atoms with Gasteiger partial charge in [-0.25, -0.2) is 0 Å². The van der Waals surface area contributed by atoms with Crippen LogP contribution in [0.4, 0.5) is 0 Å². The summed E-state index contributed by atoms with van der Waals surface area (Å²) in [6.45, 7) is 10.6. The SMILES string of the molecule is CCOC1CC(N)(CN2CCc3sccc3C2)C1(C)C. The summed E-state index contributed by atoms with van der Waals surface area (Å²) < 4.78 is 5.82. The van der Waals surface area contributed by atoms with Crippen LogP contribution in [0.25, 0.3) is 0 Å². The Kier molecular flexibility index (Phi) is 3.70. The molecule has 3 rings (SSSR count). The quantitative estimate of drug-likeness (QED) is 0.928. The first-order valence-corrected chi connectivity index (χ1v) is 8.52. The van der Waals surface area contributed by atoms with Crippen molar-refractivity contribution in [3.63, 3.8) is 0 Å². The lowest BCUT2D eigenvalue weighted by Crippen LogP contribution is -2.73. The fourth-order valence-corrected chi connectivity index (χ4v) is 4.51. The second kappa shape index (κ2) is 5.09. The van der Waals surface area contributed by atoms with Gasteiger partial charge in [-0.1, -0.05) is 13.8 Å². The highest BCUT2D eigenvalue weighted by molar-refractivity contribution is 7.10. The van der Waals surface area contributed by atoms with E-state index in [0.29, 0.717) is 6.10 Å². The van der Waals surface area contributed by atoms with Gasteiger partial charge in [0, 0.05) is 42.1 Å². The third kappa shape index (κ3) is 2.23. The van der Waals surface area contributed by atoms with Crippen LogP contribution in [-0.4, -0.2) is 36.2 Å². The van der Waals surface area contributed by atoms with Crippen molar-refractivity contribution in [2.24, 2.45) is 11.1 Å². The molecule has 0 aromatic carbocycles. The molecule has 2 aliphatic rings. The molecule has 1 aliphatic heterocycles. The number of thiophene rings is 1. The third-order valence-corrected chi connectivity index (χ3v) is 6.42. The first-order valence-electron chi connectivity index (χ1n) is 7.64.